The van der Waals surface area contributed by atoms with Crippen molar-refractivity contribution >= 4 is 11.6 Å². The van der Waals surface area contributed by atoms with Crippen LogP contribution in [0, 0.1) is 0 Å². The Morgan fingerprint density at radius 3 is 2.64 bits per heavy atom. The Morgan fingerprint density at radius 2 is 2.00 bits per heavy atom. The molecule has 0 spiro atoms. The summed E-state index contributed by atoms with van der Waals surface area (Å²) in [6.07, 6.45) is 2.36. The molecule has 0 fully saturated rings. The SMILES string of the molecule is CCCc1cccc(CCl)c1. The van der Waals surface area contributed by atoms with Gasteiger partial charge in [0.2, 0.25) is 0 Å². The van der Waals surface area contributed by atoms with Crippen LogP contribution in [0.1, 0.15) is 24.5 Å². The highest BCUT2D eigenvalue weighted by Crippen LogP contribution is 2.09. The lowest BCUT2D eigenvalue weighted by Crippen LogP contribution is -1.84. The molecule has 1 aromatic rings. The second-order valence-electron chi connectivity index (χ2n) is 2.70. The average Bonchev–Trinajstić information content (AvgIpc) is 2.06. The minimum atomic E-state index is 0.623. The minimum absolute atomic E-state index is 0.623. The molecular formula is C10H13Cl. The van der Waals surface area contributed by atoms with Crippen molar-refractivity contribution in [3.05, 3.63) is 35.4 Å². The van der Waals surface area contributed by atoms with E-state index in [2.05, 4.69) is 31.2 Å². The summed E-state index contributed by atoms with van der Waals surface area (Å²) in [6.45, 7) is 2.19. The number of benzene rings is 1. The zero-order chi connectivity index (χ0) is 8.10. The molecule has 0 saturated carbocycles. The lowest BCUT2D eigenvalue weighted by atomic mass is 10.1. The Bertz CT molecular complexity index is 218. The summed E-state index contributed by atoms with van der Waals surface area (Å²) in [4.78, 5) is 0. The van der Waals surface area contributed by atoms with E-state index in [-0.39, 0.29) is 0 Å². The van der Waals surface area contributed by atoms with Gasteiger partial charge in [0.05, 0.1) is 0 Å². The van der Waals surface area contributed by atoms with Gasteiger partial charge in [-0.2, -0.15) is 0 Å². The van der Waals surface area contributed by atoms with E-state index >= 15 is 0 Å². The van der Waals surface area contributed by atoms with E-state index in [1.807, 2.05) is 0 Å². The molecule has 0 aromatic heterocycles. The number of halogens is 1. The Labute approximate surface area is 73.2 Å². The van der Waals surface area contributed by atoms with E-state index in [0.29, 0.717) is 5.88 Å². The van der Waals surface area contributed by atoms with Crippen LogP contribution in [0.4, 0.5) is 0 Å². The van der Waals surface area contributed by atoms with E-state index in [4.69, 9.17) is 11.6 Å². The normalized spacial score (nSPS) is 10.0. The number of aryl methyl sites for hydroxylation is 1. The van der Waals surface area contributed by atoms with Gasteiger partial charge < -0.3 is 0 Å². The van der Waals surface area contributed by atoms with Gasteiger partial charge in [-0.1, -0.05) is 37.6 Å². The monoisotopic (exact) mass is 168 g/mol. The van der Waals surface area contributed by atoms with Gasteiger partial charge >= 0.3 is 0 Å². The summed E-state index contributed by atoms with van der Waals surface area (Å²) in [5.41, 5.74) is 2.61. The van der Waals surface area contributed by atoms with Gasteiger partial charge in [0.1, 0.15) is 0 Å². The molecule has 0 atom stereocenters. The molecule has 11 heavy (non-hydrogen) atoms. The highest BCUT2D eigenvalue weighted by atomic mass is 35.5. The second kappa shape index (κ2) is 4.40. The van der Waals surface area contributed by atoms with Gasteiger partial charge in [-0.15, -0.1) is 11.6 Å². The Kier molecular flexibility index (Phi) is 3.44. The number of hydrogen-bond acceptors (Lipinski definition) is 0. The van der Waals surface area contributed by atoms with Crippen molar-refractivity contribution < 1.29 is 0 Å². The topological polar surface area (TPSA) is 0 Å². The molecule has 0 N–H and O–H groups in total. The molecule has 0 amide bonds. The summed E-state index contributed by atoms with van der Waals surface area (Å²) in [7, 11) is 0. The molecule has 1 heteroatoms. The maximum atomic E-state index is 5.70. The van der Waals surface area contributed by atoms with Crippen molar-refractivity contribution in [2.45, 2.75) is 25.6 Å². The zero-order valence-corrected chi connectivity index (χ0v) is 7.56. The number of rotatable bonds is 3. The Hall–Kier alpha value is -0.490. The van der Waals surface area contributed by atoms with Gasteiger partial charge in [-0.25, -0.2) is 0 Å². The third-order valence-corrected chi connectivity index (χ3v) is 1.99. The van der Waals surface area contributed by atoms with Crippen LogP contribution in [0.3, 0.4) is 0 Å². The first-order chi connectivity index (χ1) is 5.36. The van der Waals surface area contributed by atoms with E-state index in [0.717, 1.165) is 6.42 Å². The molecule has 1 aromatic carbocycles. The molecule has 0 bridgehead atoms. The fourth-order valence-corrected chi connectivity index (χ4v) is 1.32. The highest BCUT2D eigenvalue weighted by Gasteiger charge is 1.92. The summed E-state index contributed by atoms with van der Waals surface area (Å²) in [6, 6.07) is 8.46. The van der Waals surface area contributed by atoms with E-state index in [1.54, 1.807) is 0 Å². The van der Waals surface area contributed by atoms with Crippen LogP contribution in [0.5, 0.6) is 0 Å². The molecule has 0 aliphatic rings. The Morgan fingerprint density at radius 1 is 1.27 bits per heavy atom. The molecule has 0 heterocycles. The maximum Gasteiger partial charge on any atom is 0.0474 e. The quantitative estimate of drug-likeness (QED) is 0.607. The molecular weight excluding hydrogens is 156 g/mol. The van der Waals surface area contributed by atoms with Gasteiger partial charge in [0, 0.05) is 5.88 Å². The Balaban J connectivity index is 2.74. The largest absolute Gasteiger partial charge is 0.122 e. The molecule has 0 unspecified atom stereocenters. The summed E-state index contributed by atoms with van der Waals surface area (Å²) < 4.78 is 0. The second-order valence-corrected chi connectivity index (χ2v) is 2.97. The van der Waals surface area contributed by atoms with Crippen molar-refractivity contribution in [2.24, 2.45) is 0 Å². The highest BCUT2D eigenvalue weighted by molar-refractivity contribution is 6.17. The van der Waals surface area contributed by atoms with Crippen LogP contribution in [0.25, 0.3) is 0 Å². The molecule has 60 valence electrons. The lowest BCUT2D eigenvalue weighted by molar-refractivity contribution is 0.920. The van der Waals surface area contributed by atoms with Gasteiger partial charge in [0.25, 0.3) is 0 Å². The first-order valence-corrected chi connectivity index (χ1v) is 4.54. The van der Waals surface area contributed by atoms with Gasteiger partial charge in [0.15, 0.2) is 0 Å². The van der Waals surface area contributed by atoms with Crippen molar-refractivity contribution in [1.82, 2.24) is 0 Å². The predicted molar refractivity (Wildman–Crippen MR) is 50.0 cm³/mol. The molecule has 1 rings (SSSR count). The standard InChI is InChI=1S/C10H13Cl/c1-2-4-9-5-3-6-10(7-9)8-11/h3,5-7H,2,4,8H2,1H3. The van der Waals surface area contributed by atoms with Crippen LogP contribution >= 0.6 is 11.6 Å². The number of hydrogen-bond donors (Lipinski definition) is 0. The zero-order valence-electron chi connectivity index (χ0n) is 6.81. The van der Waals surface area contributed by atoms with E-state index < -0.39 is 0 Å². The summed E-state index contributed by atoms with van der Waals surface area (Å²) >= 11 is 5.70. The molecule has 0 aliphatic carbocycles. The molecule has 0 aliphatic heterocycles. The van der Waals surface area contributed by atoms with Crippen LogP contribution < -0.4 is 0 Å². The number of alkyl halides is 1. The summed E-state index contributed by atoms with van der Waals surface area (Å²) in [5, 5.41) is 0. The van der Waals surface area contributed by atoms with Crippen molar-refractivity contribution in [1.29, 1.82) is 0 Å². The predicted octanol–water partition coefficient (Wildman–Crippen LogP) is 3.38. The molecule has 0 radical (unpaired) electrons. The average molecular weight is 169 g/mol. The van der Waals surface area contributed by atoms with Crippen molar-refractivity contribution in [2.75, 3.05) is 0 Å². The van der Waals surface area contributed by atoms with Gasteiger partial charge in [-0.3, -0.25) is 0 Å². The maximum absolute atomic E-state index is 5.70. The van der Waals surface area contributed by atoms with Crippen LogP contribution in [0.2, 0.25) is 0 Å². The third kappa shape index (κ3) is 2.55. The first kappa shape index (κ1) is 8.61. The van der Waals surface area contributed by atoms with E-state index in [1.165, 1.54) is 17.5 Å². The minimum Gasteiger partial charge on any atom is -0.122 e. The van der Waals surface area contributed by atoms with E-state index in [9.17, 15) is 0 Å². The molecule has 0 nitrogen and oxygen atoms in total. The van der Waals surface area contributed by atoms with Crippen LogP contribution in [-0.4, -0.2) is 0 Å². The summed E-state index contributed by atoms with van der Waals surface area (Å²) in [5.74, 6) is 0.623. The smallest absolute Gasteiger partial charge is 0.0474 e. The third-order valence-electron chi connectivity index (χ3n) is 1.68. The van der Waals surface area contributed by atoms with Crippen LogP contribution in [0.15, 0.2) is 24.3 Å². The van der Waals surface area contributed by atoms with Gasteiger partial charge in [-0.05, 0) is 17.5 Å². The van der Waals surface area contributed by atoms with Crippen molar-refractivity contribution in [3.63, 3.8) is 0 Å². The fraction of sp³-hybridized carbons (Fsp3) is 0.400. The van der Waals surface area contributed by atoms with Crippen molar-refractivity contribution in [3.8, 4) is 0 Å². The first-order valence-electron chi connectivity index (χ1n) is 4.00. The molecule has 0 saturated heterocycles. The lowest BCUT2D eigenvalue weighted by Gasteiger charge is -1.99. The van der Waals surface area contributed by atoms with Crippen LogP contribution in [-0.2, 0) is 12.3 Å². The fourth-order valence-electron chi connectivity index (χ4n) is 1.16.